The van der Waals surface area contributed by atoms with Crippen LogP contribution in [0, 0.1) is 11.6 Å². The Morgan fingerprint density at radius 2 is 1.75 bits per heavy atom. The zero-order chi connectivity index (χ0) is 29.8. The van der Waals surface area contributed by atoms with Crippen LogP contribution in [0.3, 0.4) is 0 Å². The minimum absolute atomic E-state index is 0.0463. The number of likely N-dealkylation sites (N-methyl/N-ethyl adjacent to an activating group) is 1. The number of alkyl halides is 3. The molecule has 1 saturated heterocycles. The third-order valence-corrected chi connectivity index (χ3v) is 7.61. The van der Waals surface area contributed by atoms with Crippen molar-refractivity contribution in [2.75, 3.05) is 33.1 Å². The van der Waals surface area contributed by atoms with Gasteiger partial charge in [-0.3, -0.25) is 0 Å². The molecule has 3 N–H and O–H groups in total. The van der Waals surface area contributed by atoms with Gasteiger partial charge in [0, 0.05) is 23.6 Å². The highest BCUT2D eigenvalue weighted by atomic mass is 35.5. The first kappa shape index (κ1) is 31.2. The number of carbonyl (C=O) groups is 2. The average molecular weight is 594 g/mol. The van der Waals surface area contributed by atoms with Gasteiger partial charge in [-0.25, -0.2) is 18.4 Å². The fourth-order valence-electron chi connectivity index (χ4n) is 5.39. The van der Waals surface area contributed by atoms with E-state index in [1.54, 1.807) is 14.2 Å². The molecule has 0 radical (unpaired) electrons. The monoisotopic (exact) mass is 593 g/mol. The average Bonchev–Trinajstić information content (AvgIpc) is 3.22. The van der Waals surface area contributed by atoms with Gasteiger partial charge in [0.2, 0.25) is 0 Å². The lowest BCUT2D eigenvalue weighted by molar-refractivity contribution is -0.192. The second kappa shape index (κ2) is 12.5. The third-order valence-electron chi connectivity index (χ3n) is 7.31. The molecule has 1 saturated carbocycles. The molecule has 2 aromatic rings. The number of anilines is 1. The molecule has 220 valence electrons. The van der Waals surface area contributed by atoms with Crippen molar-refractivity contribution >= 4 is 29.3 Å². The van der Waals surface area contributed by atoms with E-state index >= 15 is 0 Å². The van der Waals surface area contributed by atoms with Crippen LogP contribution in [0.25, 0.3) is 0 Å². The van der Waals surface area contributed by atoms with E-state index in [0.717, 1.165) is 38.3 Å². The molecule has 1 aliphatic carbocycles. The summed E-state index contributed by atoms with van der Waals surface area (Å²) in [5.74, 6) is -3.07. The second-order valence-corrected chi connectivity index (χ2v) is 10.00. The van der Waals surface area contributed by atoms with Gasteiger partial charge >= 0.3 is 18.2 Å². The smallest absolute Gasteiger partial charge is 0.490 e. The Balaban J connectivity index is 0.000000559. The summed E-state index contributed by atoms with van der Waals surface area (Å²) in [7, 11) is 5.35. The molecule has 0 unspecified atom stereocenters. The Morgan fingerprint density at radius 3 is 2.33 bits per heavy atom. The standard InChI is InChI=1S/C24H28ClF2N3O3.C2HF3O2/c1-30-9-8-24(14-4-5-19(32-2)20(10-14)33-3)7-6-16(13-21(24)30)28-23(31)29-22-17(25)11-15(26)12-18(22)27;3-2(4,5)1(6)7/h4-5,10-12,16,21H,6-9,13H2,1-3H3,(H2,28,29,31);(H,6,7)/t16-,21+,24+;/m1./s1. The highest BCUT2D eigenvalue weighted by Gasteiger charge is 2.50. The molecule has 14 heteroatoms. The molecule has 1 aliphatic heterocycles. The van der Waals surface area contributed by atoms with Crippen molar-refractivity contribution in [1.29, 1.82) is 0 Å². The molecule has 8 nitrogen and oxygen atoms in total. The van der Waals surface area contributed by atoms with Crippen LogP contribution in [0.15, 0.2) is 30.3 Å². The summed E-state index contributed by atoms with van der Waals surface area (Å²) in [5.41, 5.74) is 0.927. The molecule has 4 rings (SSSR count). The van der Waals surface area contributed by atoms with Gasteiger partial charge < -0.3 is 30.1 Å². The fraction of sp³-hybridized carbons (Fsp3) is 0.462. The molecule has 3 atom stereocenters. The van der Waals surface area contributed by atoms with Gasteiger partial charge in [0.05, 0.1) is 24.9 Å². The molecule has 2 aliphatic rings. The largest absolute Gasteiger partial charge is 0.493 e. The van der Waals surface area contributed by atoms with Crippen LogP contribution in [0.1, 0.15) is 31.2 Å². The van der Waals surface area contributed by atoms with Gasteiger partial charge in [0.25, 0.3) is 0 Å². The Kier molecular flexibility index (Phi) is 9.72. The first-order chi connectivity index (χ1) is 18.7. The summed E-state index contributed by atoms with van der Waals surface area (Å²) >= 11 is 5.90. The number of nitrogens with zero attached hydrogens (tertiary/aromatic N) is 1. The van der Waals surface area contributed by atoms with Crippen LogP contribution < -0.4 is 20.1 Å². The number of fused-ring (bicyclic) bond motifs is 1. The summed E-state index contributed by atoms with van der Waals surface area (Å²) in [6, 6.07) is 7.33. The van der Waals surface area contributed by atoms with E-state index in [0.29, 0.717) is 17.6 Å². The van der Waals surface area contributed by atoms with Crippen LogP contribution in [0.5, 0.6) is 11.5 Å². The number of rotatable bonds is 5. The molecular weight excluding hydrogens is 565 g/mol. The number of ether oxygens (including phenoxy) is 2. The van der Waals surface area contributed by atoms with Crippen molar-refractivity contribution in [1.82, 2.24) is 10.2 Å². The number of amides is 2. The number of aliphatic carboxylic acids is 1. The number of carboxylic acid groups (broad SMARTS) is 1. The Morgan fingerprint density at radius 1 is 1.10 bits per heavy atom. The zero-order valence-electron chi connectivity index (χ0n) is 21.9. The fourth-order valence-corrected chi connectivity index (χ4v) is 5.63. The van der Waals surface area contributed by atoms with Gasteiger partial charge in [-0.15, -0.1) is 0 Å². The van der Waals surface area contributed by atoms with Gasteiger partial charge in [-0.2, -0.15) is 13.2 Å². The molecule has 2 fully saturated rings. The van der Waals surface area contributed by atoms with Crippen molar-refractivity contribution in [3.05, 3.63) is 52.6 Å². The number of likely N-dealkylation sites (tertiary alicyclic amines) is 1. The van der Waals surface area contributed by atoms with Crippen molar-refractivity contribution in [3.8, 4) is 11.5 Å². The lowest BCUT2D eigenvalue weighted by Gasteiger charge is -2.45. The summed E-state index contributed by atoms with van der Waals surface area (Å²) < 4.78 is 70.0. The van der Waals surface area contributed by atoms with Crippen LogP contribution in [-0.2, 0) is 10.2 Å². The minimum Gasteiger partial charge on any atom is -0.493 e. The summed E-state index contributed by atoms with van der Waals surface area (Å²) in [4.78, 5) is 23.8. The van der Waals surface area contributed by atoms with Crippen LogP contribution >= 0.6 is 11.6 Å². The van der Waals surface area contributed by atoms with Gasteiger partial charge in [0.15, 0.2) is 17.3 Å². The summed E-state index contributed by atoms with van der Waals surface area (Å²) in [6.45, 7) is 0.953. The summed E-state index contributed by atoms with van der Waals surface area (Å²) in [6.07, 6.45) is -1.67. The Hall–Kier alpha value is -3.32. The maximum absolute atomic E-state index is 14.0. The van der Waals surface area contributed by atoms with Gasteiger partial charge in [-0.05, 0) is 63.0 Å². The Bertz CT molecular complexity index is 1220. The first-order valence-electron chi connectivity index (χ1n) is 12.2. The molecule has 2 aromatic carbocycles. The van der Waals surface area contributed by atoms with E-state index in [4.69, 9.17) is 31.0 Å². The normalized spacial score (nSPS) is 22.4. The number of halogens is 6. The predicted octanol–water partition coefficient (Wildman–Crippen LogP) is 5.58. The molecule has 1 heterocycles. The molecule has 40 heavy (non-hydrogen) atoms. The zero-order valence-corrected chi connectivity index (χ0v) is 22.6. The number of hydrogen-bond acceptors (Lipinski definition) is 5. The van der Waals surface area contributed by atoms with E-state index in [9.17, 15) is 26.7 Å². The quantitative estimate of drug-likeness (QED) is 0.391. The molecule has 2 amide bonds. The van der Waals surface area contributed by atoms with Crippen LogP contribution in [0.2, 0.25) is 5.02 Å². The number of carboxylic acids is 1. The number of urea groups is 1. The molecule has 0 spiro atoms. The molecule has 0 aromatic heterocycles. The topological polar surface area (TPSA) is 100 Å². The lowest BCUT2D eigenvalue weighted by atomic mass is 9.65. The minimum atomic E-state index is -5.08. The van der Waals surface area contributed by atoms with Crippen molar-refractivity contribution < 1.29 is 46.1 Å². The van der Waals surface area contributed by atoms with Crippen molar-refractivity contribution in [2.24, 2.45) is 0 Å². The number of nitrogens with one attached hydrogen (secondary N) is 2. The highest BCUT2D eigenvalue weighted by Crippen LogP contribution is 2.49. The molecule has 0 bridgehead atoms. The van der Waals surface area contributed by atoms with Gasteiger partial charge in [0.1, 0.15) is 5.82 Å². The van der Waals surface area contributed by atoms with E-state index in [-0.39, 0.29) is 28.2 Å². The lowest BCUT2D eigenvalue weighted by Crippen LogP contribution is -2.52. The van der Waals surface area contributed by atoms with Gasteiger partial charge in [-0.1, -0.05) is 17.7 Å². The summed E-state index contributed by atoms with van der Waals surface area (Å²) in [5, 5.41) is 12.3. The van der Waals surface area contributed by atoms with E-state index in [1.807, 2.05) is 6.07 Å². The molecular formula is C26H29ClF5N3O5. The Labute approximate surface area is 232 Å². The van der Waals surface area contributed by atoms with E-state index in [1.165, 1.54) is 5.56 Å². The van der Waals surface area contributed by atoms with E-state index < -0.39 is 29.8 Å². The van der Waals surface area contributed by atoms with E-state index in [2.05, 4.69) is 34.7 Å². The maximum atomic E-state index is 14.0. The second-order valence-electron chi connectivity index (χ2n) is 9.59. The first-order valence-corrected chi connectivity index (χ1v) is 12.5. The highest BCUT2D eigenvalue weighted by molar-refractivity contribution is 6.33. The van der Waals surface area contributed by atoms with Crippen molar-refractivity contribution in [3.63, 3.8) is 0 Å². The number of hydrogen-bond donors (Lipinski definition) is 3. The SMILES string of the molecule is COc1ccc([C@@]23CC[C@@H](NC(=O)Nc4c(F)cc(F)cc4Cl)C[C@@H]2N(C)CC3)cc1OC.O=C(O)C(F)(F)F. The van der Waals surface area contributed by atoms with Crippen LogP contribution in [0.4, 0.5) is 32.4 Å². The third kappa shape index (κ3) is 6.87. The van der Waals surface area contributed by atoms with Crippen molar-refractivity contribution in [2.45, 2.75) is 49.4 Å². The number of carbonyl (C=O) groups excluding carboxylic acids is 1. The number of benzene rings is 2. The predicted molar refractivity (Wildman–Crippen MR) is 137 cm³/mol. The van der Waals surface area contributed by atoms with Crippen LogP contribution in [-0.4, -0.2) is 68.1 Å². The number of methoxy groups -OCH3 is 2. The maximum Gasteiger partial charge on any atom is 0.490 e.